The van der Waals surface area contributed by atoms with Gasteiger partial charge in [0.05, 0.1) is 20.6 Å². The van der Waals surface area contributed by atoms with Crippen LogP contribution in [0.15, 0.2) is 4.42 Å². The molecule has 1 heterocycles. The molecule has 5 heteroatoms. The number of esters is 2. The lowest BCUT2D eigenvalue weighted by Crippen LogP contribution is -2.10. The standard InChI is InChI=1S/C14H18O5/c1-17-12(15)8-7-11-13(14(16)18-2)9-5-3-4-6-10(9)19-11/h3-8H2,1-2H3. The summed E-state index contributed by atoms with van der Waals surface area (Å²) >= 11 is 0. The van der Waals surface area contributed by atoms with Gasteiger partial charge in [0.1, 0.15) is 17.1 Å². The van der Waals surface area contributed by atoms with Crippen LogP contribution in [0, 0.1) is 0 Å². The fourth-order valence-corrected chi connectivity index (χ4v) is 2.46. The van der Waals surface area contributed by atoms with Crippen LogP contribution >= 0.6 is 0 Å². The summed E-state index contributed by atoms with van der Waals surface area (Å²) in [6.45, 7) is 0. The quantitative estimate of drug-likeness (QED) is 0.780. The first-order chi connectivity index (χ1) is 9.17. The molecular weight excluding hydrogens is 248 g/mol. The number of fused-ring (bicyclic) bond motifs is 1. The molecule has 0 aliphatic heterocycles. The van der Waals surface area contributed by atoms with E-state index < -0.39 is 0 Å². The van der Waals surface area contributed by atoms with Gasteiger partial charge in [-0.1, -0.05) is 0 Å². The van der Waals surface area contributed by atoms with E-state index in [2.05, 4.69) is 4.74 Å². The number of aryl methyl sites for hydroxylation is 2. The SMILES string of the molecule is COC(=O)CCc1oc2c(c1C(=O)OC)CCCC2. The molecule has 0 atom stereocenters. The zero-order valence-corrected chi connectivity index (χ0v) is 11.3. The molecule has 1 aromatic heterocycles. The average Bonchev–Trinajstić information content (AvgIpc) is 2.82. The average molecular weight is 266 g/mol. The molecule has 0 fully saturated rings. The summed E-state index contributed by atoms with van der Waals surface area (Å²) in [7, 11) is 2.70. The number of hydrogen-bond acceptors (Lipinski definition) is 5. The van der Waals surface area contributed by atoms with Gasteiger partial charge in [0.2, 0.25) is 0 Å². The second kappa shape index (κ2) is 5.91. The first-order valence-corrected chi connectivity index (χ1v) is 6.46. The highest BCUT2D eigenvalue weighted by Crippen LogP contribution is 2.31. The fraction of sp³-hybridized carbons (Fsp3) is 0.571. The number of carbonyl (C=O) groups excluding carboxylic acids is 2. The number of ether oxygens (including phenoxy) is 2. The zero-order valence-electron chi connectivity index (χ0n) is 11.3. The van der Waals surface area contributed by atoms with E-state index in [-0.39, 0.29) is 18.4 Å². The molecule has 0 spiro atoms. The predicted octanol–water partition coefficient (Wildman–Crippen LogP) is 2.05. The second-order valence-electron chi connectivity index (χ2n) is 4.58. The van der Waals surface area contributed by atoms with Crippen LogP contribution in [0.1, 0.15) is 46.7 Å². The van der Waals surface area contributed by atoms with Crippen molar-refractivity contribution in [2.75, 3.05) is 14.2 Å². The molecule has 0 radical (unpaired) electrons. The molecule has 0 bridgehead atoms. The normalized spacial score (nSPS) is 13.8. The summed E-state index contributed by atoms with van der Waals surface area (Å²) in [5.41, 5.74) is 1.47. The molecular formula is C14H18O5. The Kier molecular flexibility index (Phi) is 4.24. The largest absolute Gasteiger partial charge is 0.469 e. The lowest BCUT2D eigenvalue weighted by molar-refractivity contribution is -0.140. The number of furan rings is 1. The zero-order chi connectivity index (χ0) is 13.8. The number of hydrogen-bond donors (Lipinski definition) is 0. The minimum absolute atomic E-state index is 0.201. The first-order valence-electron chi connectivity index (χ1n) is 6.46. The lowest BCUT2D eigenvalue weighted by Gasteiger charge is -2.09. The van der Waals surface area contributed by atoms with Crippen molar-refractivity contribution in [3.63, 3.8) is 0 Å². The van der Waals surface area contributed by atoms with Crippen molar-refractivity contribution >= 4 is 11.9 Å². The molecule has 0 aromatic carbocycles. The number of methoxy groups -OCH3 is 2. The highest BCUT2D eigenvalue weighted by molar-refractivity contribution is 5.92. The Morgan fingerprint density at radius 1 is 1.16 bits per heavy atom. The highest BCUT2D eigenvalue weighted by atomic mass is 16.5. The van der Waals surface area contributed by atoms with Gasteiger partial charge in [-0.2, -0.15) is 0 Å². The van der Waals surface area contributed by atoms with Crippen molar-refractivity contribution in [1.29, 1.82) is 0 Å². The monoisotopic (exact) mass is 266 g/mol. The Morgan fingerprint density at radius 3 is 2.58 bits per heavy atom. The van der Waals surface area contributed by atoms with Crippen LogP contribution < -0.4 is 0 Å². The van der Waals surface area contributed by atoms with E-state index in [1.807, 2.05) is 0 Å². The van der Waals surface area contributed by atoms with E-state index in [0.29, 0.717) is 17.7 Å². The molecule has 0 unspecified atom stereocenters. The molecule has 0 N–H and O–H groups in total. The summed E-state index contributed by atoms with van der Waals surface area (Å²) < 4.78 is 15.2. The predicted molar refractivity (Wildman–Crippen MR) is 67.0 cm³/mol. The van der Waals surface area contributed by atoms with E-state index in [4.69, 9.17) is 9.15 Å². The van der Waals surface area contributed by atoms with Gasteiger partial charge in [-0.15, -0.1) is 0 Å². The number of rotatable bonds is 4. The van der Waals surface area contributed by atoms with E-state index in [0.717, 1.165) is 37.0 Å². The van der Waals surface area contributed by atoms with Crippen LogP contribution in [0.4, 0.5) is 0 Å². The third kappa shape index (κ3) is 2.80. The minimum Gasteiger partial charge on any atom is -0.469 e. The molecule has 0 amide bonds. The smallest absolute Gasteiger partial charge is 0.341 e. The maximum atomic E-state index is 11.9. The summed E-state index contributed by atoms with van der Waals surface area (Å²) in [4.78, 5) is 23.1. The second-order valence-corrected chi connectivity index (χ2v) is 4.58. The van der Waals surface area contributed by atoms with Crippen LogP contribution in [-0.4, -0.2) is 26.2 Å². The van der Waals surface area contributed by atoms with Gasteiger partial charge in [-0.25, -0.2) is 4.79 Å². The molecule has 104 valence electrons. The molecule has 1 aliphatic carbocycles. The molecule has 5 nitrogen and oxygen atoms in total. The van der Waals surface area contributed by atoms with Gasteiger partial charge < -0.3 is 13.9 Å². The van der Waals surface area contributed by atoms with Crippen molar-refractivity contribution in [2.24, 2.45) is 0 Å². The van der Waals surface area contributed by atoms with Gasteiger partial charge in [0.15, 0.2) is 0 Å². The van der Waals surface area contributed by atoms with Crippen LogP contribution in [0.3, 0.4) is 0 Å². The van der Waals surface area contributed by atoms with E-state index >= 15 is 0 Å². The molecule has 2 rings (SSSR count). The van der Waals surface area contributed by atoms with E-state index in [9.17, 15) is 9.59 Å². The molecule has 1 aliphatic rings. The highest BCUT2D eigenvalue weighted by Gasteiger charge is 2.27. The summed E-state index contributed by atoms with van der Waals surface area (Å²) in [5.74, 6) is 0.715. The van der Waals surface area contributed by atoms with Crippen LogP contribution in [0.2, 0.25) is 0 Å². The first kappa shape index (κ1) is 13.6. The van der Waals surface area contributed by atoms with Gasteiger partial charge in [0.25, 0.3) is 0 Å². The minimum atomic E-state index is -0.383. The fourth-order valence-electron chi connectivity index (χ4n) is 2.46. The Balaban J connectivity index is 2.28. The molecule has 1 aromatic rings. The van der Waals surface area contributed by atoms with Crippen molar-refractivity contribution in [1.82, 2.24) is 0 Å². The summed E-state index contributed by atoms with van der Waals surface area (Å²) in [5, 5.41) is 0. The summed E-state index contributed by atoms with van der Waals surface area (Å²) in [6, 6.07) is 0. The third-order valence-electron chi connectivity index (χ3n) is 3.42. The van der Waals surface area contributed by atoms with Gasteiger partial charge in [-0.05, 0) is 19.3 Å². The Hall–Kier alpha value is -1.78. The Labute approximate surface area is 111 Å². The van der Waals surface area contributed by atoms with Crippen molar-refractivity contribution in [3.05, 3.63) is 22.6 Å². The summed E-state index contributed by atoms with van der Waals surface area (Å²) in [6.07, 6.45) is 4.36. The Bertz CT molecular complexity index is 486. The Morgan fingerprint density at radius 2 is 1.89 bits per heavy atom. The van der Waals surface area contributed by atoms with Crippen molar-refractivity contribution < 1.29 is 23.5 Å². The van der Waals surface area contributed by atoms with E-state index in [1.54, 1.807) is 0 Å². The van der Waals surface area contributed by atoms with Crippen molar-refractivity contribution in [2.45, 2.75) is 38.5 Å². The van der Waals surface area contributed by atoms with Gasteiger partial charge in [-0.3, -0.25) is 4.79 Å². The topological polar surface area (TPSA) is 65.7 Å². The van der Waals surface area contributed by atoms with Gasteiger partial charge in [0, 0.05) is 18.4 Å². The maximum Gasteiger partial charge on any atom is 0.341 e. The number of carbonyl (C=O) groups is 2. The molecule has 0 saturated heterocycles. The lowest BCUT2D eigenvalue weighted by atomic mass is 9.94. The van der Waals surface area contributed by atoms with E-state index in [1.165, 1.54) is 14.2 Å². The van der Waals surface area contributed by atoms with Crippen LogP contribution in [0.5, 0.6) is 0 Å². The third-order valence-corrected chi connectivity index (χ3v) is 3.42. The van der Waals surface area contributed by atoms with Crippen LogP contribution in [-0.2, 0) is 33.5 Å². The van der Waals surface area contributed by atoms with Crippen LogP contribution in [0.25, 0.3) is 0 Å². The van der Waals surface area contributed by atoms with Gasteiger partial charge >= 0.3 is 11.9 Å². The van der Waals surface area contributed by atoms with Crippen molar-refractivity contribution in [3.8, 4) is 0 Å². The molecule has 0 saturated carbocycles. The molecule has 19 heavy (non-hydrogen) atoms. The maximum absolute atomic E-state index is 11.9.